The van der Waals surface area contributed by atoms with Gasteiger partial charge in [0.25, 0.3) is 5.91 Å². The van der Waals surface area contributed by atoms with Crippen LogP contribution in [0.2, 0.25) is 0 Å². The molecule has 118 valence electrons. The predicted molar refractivity (Wildman–Crippen MR) is 88.1 cm³/mol. The van der Waals surface area contributed by atoms with Gasteiger partial charge in [-0.15, -0.1) is 12.4 Å². The van der Waals surface area contributed by atoms with Crippen LogP contribution in [0.5, 0.6) is 0 Å². The van der Waals surface area contributed by atoms with Crippen LogP contribution >= 0.6 is 12.4 Å². The number of carbonyl (C=O) groups is 1. The average molecular weight is 321 g/mol. The molecule has 1 unspecified atom stereocenters. The summed E-state index contributed by atoms with van der Waals surface area (Å²) >= 11 is 0. The minimum absolute atomic E-state index is 0. The second-order valence-electron chi connectivity index (χ2n) is 5.52. The fourth-order valence-corrected chi connectivity index (χ4v) is 2.67. The molecule has 0 bridgehead atoms. The molecule has 1 amide bonds. The summed E-state index contributed by atoms with van der Waals surface area (Å²) in [4.78, 5) is 12.0. The van der Waals surface area contributed by atoms with Crippen molar-refractivity contribution in [1.82, 2.24) is 20.8 Å². The Morgan fingerprint density at radius 1 is 1.27 bits per heavy atom. The number of nitrogens with zero attached hydrogens (tertiary/aromatic N) is 1. The Bertz CT molecular complexity index is 577. The van der Waals surface area contributed by atoms with Crippen molar-refractivity contribution in [1.29, 1.82) is 0 Å². The van der Waals surface area contributed by atoms with Crippen molar-refractivity contribution in [2.24, 2.45) is 5.92 Å². The fraction of sp³-hybridized carbons (Fsp3) is 0.375. The zero-order valence-corrected chi connectivity index (χ0v) is 13.2. The minimum atomic E-state index is -0.0568. The molecule has 1 aliphatic rings. The molecule has 1 saturated heterocycles. The van der Waals surface area contributed by atoms with Gasteiger partial charge in [-0.2, -0.15) is 5.10 Å². The molecule has 3 rings (SSSR count). The zero-order valence-electron chi connectivity index (χ0n) is 12.3. The maximum atomic E-state index is 12.0. The van der Waals surface area contributed by atoms with Gasteiger partial charge in [-0.25, -0.2) is 0 Å². The molecule has 0 radical (unpaired) electrons. The van der Waals surface area contributed by atoms with E-state index in [-0.39, 0.29) is 18.3 Å². The zero-order chi connectivity index (χ0) is 14.5. The molecule has 6 heteroatoms. The summed E-state index contributed by atoms with van der Waals surface area (Å²) in [6.07, 6.45) is 4.00. The maximum absolute atomic E-state index is 12.0. The van der Waals surface area contributed by atoms with E-state index in [1.165, 1.54) is 12.0 Å². The molecule has 1 atom stereocenters. The normalized spacial score (nSPS) is 17.0. The molecule has 2 aromatic rings. The Morgan fingerprint density at radius 2 is 2.09 bits per heavy atom. The maximum Gasteiger partial charge on any atom is 0.251 e. The SMILES string of the molecule is Cl.O=C(NCc1ccn[nH]1)c1ccc(CC2CCNC2)cc1. The van der Waals surface area contributed by atoms with E-state index < -0.39 is 0 Å². The number of halogens is 1. The first kappa shape index (κ1) is 16.5. The lowest BCUT2D eigenvalue weighted by molar-refractivity contribution is 0.0950. The number of benzene rings is 1. The summed E-state index contributed by atoms with van der Waals surface area (Å²) in [5.74, 6) is 0.670. The Labute approximate surface area is 136 Å². The number of H-pyrrole nitrogens is 1. The van der Waals surface area contributed by atoms with Gasteiger partial charge in [-0.3, -0.25) is 9.89 Å². The first-order chi connectivity index (χ1) is 10.3. The molecule has 0 spiro atoms. The van der Waals surface area contributed by atoms with Gasteiger partial charge in [0.2, 0.25) is 0 Å². The predicted octanol–water partition coefficient (Wildman–Crippen LogP) is 1.91. The van der Waals surface area contributed by atoms with Crippen molar-refractivity contribution in [3.8, 4) is 0 Å². The van der Waals surface area contributed by atoms with Crippen LogP contribution in [0.1, 0.15) is 28.0 Å². The fourth-order valence-electron chi connectivity index (χ4n) is 2.67. The van der Waals surface area contributed by atoms with Crippen molar-refractivity contribution in [2.45, 2.75) is 19.4 Å². The van der Waals surface area contributed by atoms with Crippen molar-refractivity contribution in [2.75, 3.05) is 13.1 Å². The standard InChI is InChI=1S/C16H20N4O.ClH/c21-16(18-11-15-6-8-19-20-15)14-3-1-12(2-4-14)9-13-5-7-17-10-13;/h1-4,6,8,13,17H,5,7,9-11H2,(H,18,21)(H,19,20);1H. The average Bonchev–Trinajstić information content (AvgIpc) is 3.19. The summed E-state index contributed by atoms with van der Waals surface area (Å²) < 4.78 is 0. The second kappa shape index (κ2) is 7.96. The van der Waals surface area contributed by atoms with Crippen molar-refractivity contribution in [3.05, 3.63) is 53.3 Å². The van der Waals surface area contributed by atoms with Gasteiger partial charge in [-0.05, 0) is 55.6 Å². The van der Waals surface area contributed by atoms with E-state index in [1.54, 1.807) is 6.20 Å². The van der Waals surface area contributed by atoms with Crippen LogP contribution in [-0.2, 0) is 13.0 Å². The van der Waals surface area contributed by atoms with Crippen LogP contribution < -0.4 is 10.6 Å². The lowest BCUT2D eigenvalue weighted by atomic mass is 9.98. The van der Waals surface area contributed by atoms with Gasteiger partial charge in [0.1, 0.15) is 0 Å². The number of carbonyl (C=O) groups excluding carboxylic acids is 1. The number of amides is 1. The van der Waals surface area contributed by atoms with E-state index in [4.69, 9.17) is 0 Å². The lowest BCUT2D eigenvalue weighted by Gasteiger charge is -2.09. The number of aromatic amines is 1. The molecule has 3 N–H and O–H groups in total. The molecule has 2 heterocycles. The minimum Gasteiger partial charge on any atom is -0.346 e. The number of hydrogen-bond donors (Lipinski definition) is 3. The van der Waals surface area contributed by atoms with Gasteiger partial charge in [0.15, 0.2) is 0 Å². The van der Waals surface area contributed by atoms with Gasteiger partial charge < -0.3 is 10.6 Å². The molecule has 1 aromatic carbocycles. The highest BCUT2D eigenvalue weighted by molar-refractivity contribution is 5.94. The van der Waals surface area contributed by atoms with E-state index in [0.717, 1.165) is 31.1 Å². The highest BCUT2D eigenvalue weighted by Gasteiger charge is 2.15. The first-order valence-corrected chi connectivity index (χ1v) is 7.37. The molecule has 1 aromatic heterocycles. The smallest absolute Gasteiger partial charge is 0.251 e. The van der Waals surface area contributed by atoms with Crippen LogP contribution in [0.25, 0.3) is 0 Å². The van der Waals surface area contributed by atoms with Crippen LogP contribution in [-0.4, -0.2) is 29.2 Å². The topological polar surface area (TPSA) is 69.8 Å². The quantitative estimate of drug-likeness (QED) is 0.788. The summed E-state index contributed by atoms with van der Waals surface area (Å²) in [6, 6.07) is 9.77. The van der Waals surface area contributed by atoms with E-state index in [1.807, 2.05) is 18.2 Å². The third-order valence-electron chi connectivity index (χ3n) is 3.90. The molecule has 0 saturated carbocycles. The van der Waals surface area contributed by atoms with Crippen molar-refractivity contribution < 1.29 is 4.79 Å². The van der Waals surface area contributed by atoms with E-state index >= 15 is 0 Å². The number of rotatable bonds is 5. The summed E-state index contributed by atoms with van der Waals surface area (Å²) in [6.45, 7) is 2.69. The molecular weight excluding hydrogens is 300 g/mol. The van der Waals surface area contributed by atoms with Crippen LogP contribution in [0, 0.1) is 5.92 Å². The highest BCUT2D eigenvalue weighted by Crippen LogP contribution is 2.15. The Balaban J connectivity index is 0.00000176. The van der Waals surface area contributed by atoms with Gasteiger partial charge in [0, 0.05) is 11.8 Å². The first-order valence-electron chi connectivity index (χ1n) is 7.37. The van der Waals surface area contributed by atoms with E-state index in [0.29, 0.717) is 12.1 Å². The Kier molecular flexibility index (Phi) is 5.98. The number of aromatic nitrogens is 2. The van der Waals surface area contributed by atoms with Crippen LogP contribution in [0.15, 0.2) is 36.5 Å². The molecule has 1 aliphatic heterocycles. The van der Waals surface area contributed by atoms with Crippen molar-refractivity contribution >= 4 is 18.3 Å². The Morgan fingerprint density at radius 3 is 2.73 bits per heavy atom. The van der Waals surface area contributed by atoms with Gasteiger partial charge in [0.05, 0.1) is 12.2 Å². The van der Waals surface area contributed by atoms with E-state index in [9.17, 15) is 4.79 Å². The third kappa shape index (κ3) is 4.32. The summed E-state index contributed by atoms with van der Waals surface area (Å²) in [7, 11) is 0. The summed E-state index contributed by atoms with van der Waals surface area (Å²) in [5.41, 5.74) is 2.89. The number of nitrogens with one attached hydrogen (secondary N) is 3. The monoisotopic (exact) mass is 320 g/mol. The molecule has 22 heavy (non-hydrogen) atoms. The molecule has 0 aliphatic carbocycles. The second-order valence-corrected chi connectivity index (χ2v) is 5.52. The third-order valence-corrected chi connectivity index (χ3v) is 3.90. The van der Waals surface area contributed by atoms with E-state index in [2.05, 4.69) is 33.0 Å². The molecule has 1 fully saturated rings. The van der Waals surface area contributed by atoms with Gasteiger partial charge >= 0.3 is 0 Å². The molecular formula is C16H21ClN4O. The lowest BCUT2D eigenvalue weighted by Crippen LogP contribution is -2.23. The van der Waals surface area contributed by atoms with Crippen molar-refractivity contribution in [3.63, 3.8) is 0 Å². The number of hydrogen-bond acceptors (Lipinski definition) is 3. The van der Waals surface area contributed by atoms with Crippen LogP contribution in [0.4, 0.5) is 0 Å². The highest BCUT2D eigenvalue weighted by atomic mass is 35.5. The largest absolute Gasteiger partial charge is 0.346 e. The Hall–Kier alpha value is -1.85. The van der Waals surface area contributed by atoms with Gasteiger partial charge in [-0.1, -0.05) is 12.1 Å². The van der Waals surface area contributed by atoms with Crippen LogP contribution in [0.3, 0.4) is 0 Å². The summed E-state index contributed by atoms with van der Waals surface area (Å²) in [5, 5.41) is 12.9. The molecule has 5 nitrogen and oxygen atoms in total.